The van der Waals surface area contributed by atoms with Gasteiger partial charge in [0.05, 0.1) is 17.3 Å². The molecule has 0 radical (unpaired) electrons. The van der Waals surface area contributed by atoms with Gasteiger partial charge in [0.2, 0.25) is 5.91 Å². The first-order chi connectivity index (χ1) is 12.7. The second kappa shape index (κ2) is 5.73. The number of carbonyl (C=O) groups is 2. The van der Waals surface area contributed by atoms with Crippen molar-refractivity contribution in [3.63, 3.8) is 0 Å². The number of hydrogen-bond donors (Lipinski definition) is 1. The highest BCUT2D eigenvalue weighted by Crippen LogP contribution is 2.42. The first kappa shape index (κ1) is 15.2. The summed E-state index contributed by atoms with van der Waals surface area (Å²) in [6, 6.07) is 17.4. The number of benzene rings is 2. The van der Waals surface area contributed by atoms with Crippen LogP contribution in [-0.4, -0.2) is 28.0 Å². The molecule has 1 atom stereocenters. The van der Waals surface area contributed by atoms with Crippen molar-refractivity contribution >= 4 is 28.5 Å². The van der Waals surface area contributed by atoms with E-state index in [2.05, 4.69) is 11.4 Å². The third kappa shape index (κ3) is 2.17. The molecule has 1 aromatic heterocycles. The minimum Gasteiger partial charge on any atom is -0.316 e. The van der Waals surface area contributed by atoms with Crippen molar-refractivity contribution in [1.29, 1.82) is 0 Å². The maximum atomic E-state index is 12.9. The number of nitrogens with one attached hydrogen (secondary N) is 1. The number of hydrogen-bond acceptors (Lipinski definition) is 2. The topological polar surface area (TPSA) is 54.3 Å². The number of carbonyl (C=O) groups excluding carboxylic acids is 2. The molecule has 0 saturated heterocycles. The molecule has 2 aliphatic heterocycles. The molecule has 5 nitrogen and oxygen atoms in total. The maximum absolute atomic E-state index is 12.9. The molecule has 0 aliphatic carbocycles. The molecule has 2 aliphatic rings. The van der Waals surface area contributed by atoms with E-state index in [1.54, 1.807) is 0 Å². The Labute approximate surface area is 151 Å². The quantitative estimate of drug-likeness (QED) is 0.718. The van der Waals surface area contributed by atoms with Crippen LogP contribution < -0.4 is 5.32 Å². The van der Waals surface area contributed by atoms with Crippen molar-refractivity contribution in [2.45, 2.75) is 25.3 Å². The van der Waals surface area contributed by atoms with Gasteiger partial charge in [-0.15, -0.1) is 0 Å². The molecule has 3 heterocycles. The van der Waals surface area contributed by atoms with Crippen LogP contribution in [0.1, 0.15) is 34.9 Å². The molecule has 1 N–H and O–H groups in total. The number of para-hydroxylation sites is 2. The fourth-order valence-corrected chi connectivity index (χ4v) is 4.37. The van der Waals surface area contributed by atoms with Crippen LogP contribution in [0.25, 0.3) is 10.9 Å². The number of amides is 2. The van der Waals surface area contributed by atoms with E-state index in [9.17, 15) is 9.59 Å². The Morgan fingerprint density at radius 3 is 2.62 bits per heavy atom. The highest BCUT2D eigenvalue weighted by molar-refractivity contribution is 5.98. The molecule has 3 aromatic rings. The summed E-state index contributed by atoms with van der Waals surface area (Å²) < 4.78 is 1.85. The van der Waals surface area contributed by atoms with Crippen molar-refractivity contribution < 1.29 is 9.59 Å². The smallest absolute Gasteiger partial charge is 0.316 e. The zero-order valence-electron chi connectivity index (χ0n) is 14.3. The minimum absolute atomic E-state index is 0.0486. The summed E-state index contributed by atoms with van der Waals surface area (Å²) in [6.07, 6.45) is 1.92. The van der Waals surface area contributed by atoms with E-state index in [-0.39, 0.29) is 18.0 Å². The molecule has 0 saturated carbocycles. The normalized spacial score (nSPS) is 18.7. The molecule has 26 heavy (non-hydrogen) atoms. The summed E-state index contributed by atoms with van der Waals surface area (Å²) in [4.78, 5) is 27.4. The van der Waals surface area contributed by atoms with Gasteiger partial charge in [0.25, 0.3) is 0 Å². The zero-order chi connectivity index (χ0) is 17.7. The number of rotatable bonds is 1. The van der Waals surface area contributed by atoms with Crippen molar-refractivity contribution in [3.05, 3.63) is 65.9 Å². The average Bonchev–Trinajstić information content (AvgIpc) is 3.02. The summed E-state index contributed by atoms with van der Waals surface area (Å²) in [6.45, 7) is 0.665. The van der Waals surface area contributed by atoms with Gasteiger partial charge in [0, 0.05) is 24.0 Å². The van der Waals surface area contributed by atoms with Gasteiger partial charge in [-0.2, -0.15) is 0 Å². The third-order valence-electron chi connectivity index (χ3n) is 5.48. The first-order valence-electron chi connectivity index (χ1n) is 9.02. The van der Waals surface area contributed by atoms with Crippen molar-refractivity contribution in [2.75, 3.05) is 11.9 Å². The van der Waals surface area contributed by atoms with E-state index in [0.29, 0.717) is 19.4 Å². The number of aromatic nitrogens is 1. The lowest BCUT2D eigenvalue weighted by Gasteiger charge is -2.38. The zero-order valence-corrected chi connectivity index (χ0v) is 14.3. The summed E-state index contributed by atoms with van der Waals surface area (Å²) in [5.74, 6) is 0.129. The Balaban J connectivity index is 1.56. The Bertz CT molecular complexity index is 1020. The summed E-state index contributed by atoms with van der Waals surface area (Å²) in [5.41, 5.74) is 3.99. The number of fused-ring (bicyclic) bond motifs is 3. The van der Waals surface area contributed by atoms with Gasteiger partial charge < -0.3 is 10.2 Å². The van der Waals surface area contributed by atoms with Crippen molar-refractivity contribution in [1.82, 2.24) is 9.47 Å². The summed E-state index contributed by atoms with van der Waals surface area (Å²) in [5, 5.41) is 4.13. The average molecular weight is 345 g/mol. The van der Waals surface area contributed by atoms with E-state index in [0.717, 1.165) is 28.7 Å². The predicted octanol–water partition coefficient (Wildman–Crippen LogP) is 4.21. The molecule has 0 unspecified atom stereocenters. The second-order valence-electron chi connectivity index (χ2n) is 6.90. The molecule has 130 valence electrons. The molecule has 5 rings (SSSR count). The number of anilines is 1. The molecular weight excluding hydrogens is 326 g/mol. The highest BCUT2D eigenvalue weighted by atomic mass is 16.2. The fourth-order valence-electron chi connectivity index (χ4n) is 4.37. The van der Waals surface area contributed by atoms with Crippen LogP contribution in [0.15, 0.2) is 54.6 Å². The van der Waals surface area contributed by atoms with Crippen molar-refractivity contribution in [3.8, 4) is 0 Å². The molecule has 2 amide bonds. The van der Waals surface area contributed by atoms with Gasteiger partial charge in [-0.1, -0.05) is 36.4 Å². The SMILES string of the molecule is O=C(Nc1ccccc1)N1CCc2c3n(c4ccccc24)C(=O)CC[C@H]31. The first-order valence-corrected chi connectivity index (χ1v) is 9.02. The largest absolute Gasteiger partial charge is 0.322 e. The van der Waals surface area contributed by atoms with E-state index in [1.165, 1.54) is 5.56 Å². The highest BCUT2D eigenvalue weighted by Gasteiger charge is 2.39. The Hall–Kier alpha value is -3.08. The molecule has 0 spiro atoms. The second-order valence-corrected chi connectivity index (χ2v) is 6.90. The van der Waals surface area contributed by atoms with Crippen LogP contribution in [0.4, 0.5) is 10.5 Å². The maximum Gasteiger partial charge on any atom is 0.322 e. The Morgan fingerprint density at radius 1 is 1.00 bits per heavy atom. The molecule has 2 aromatic carbocycles. The van der Waals surface area contributed by atoms with E-state index in [4.69, 9.17) is 0 Å². The fraction of sp³-hybridized carbons (Fsp3) is 0.238. The van der Waals surface area contributed by atoms with Crippen LogP contribution in [0.5, 0.6) is 0 Å². The predicted molar refractivity (Wildman–Crippen MR) is 100 cm³/mol. The molecule has 5 heteroatoms. The van der Waals surface area contributed by atoms with Gasteiger partial charge in [-0.05, 0) is 36.6 Å². The van der Waals surface area contributed by atoms with Gasteiger partial charge in [0.15, 0.2) is 0 Å². The van der Waals surface area contributed by atoms with Crippen LogP contribution in [0.2, 0.25) is 0 Å². The summed E-state index contributed by atoms with van der Waals surface area (Å²) in [7, 11) is 0. The number of nitrogens with zero attached hydrogens (tertiary/aromatic N) is 2. The van der Waals surface area contributed by atoms with Crippen LogP contribution >= 0.6 is 0 Å². The van der Waals surface area contributed by atoms with Gasteiger partial charge in [-0.25, -0.2) is 4.79 Å². The lowest BCUT2D eigenvalue weighted by atomic mass is 9.92. The molecular formula is C21H19N3O2. The van der Waals surface area contributed by atoms with Crippen LogP contribution in [0.3, 0.4) is 0 Å². The van der Waals surface area contributed by atoms with E-state index < -0.39 is 0 Å². The standard InChI is InChI=1S/C21H19N3O2/c25-19-11-10-18-20-16(15-8-4-5-9-17(15)24(19)20)12-13-23(18)21(26)22-14-6-2-1-3-7-14/h1-9,18H,10-13H2,(H,22,26)/t18-/m1/s1. The van der Waals surface area contributed by atoms with Crippen LogP contribution in [0, 0.1) is 0 Å². The third-order valence-corrected chi connectivity index (χ3v) is 5.48. The molecule has 0 bridgehead atoms. The Kier molecular flexibility index (Phi) is 3.35. The van der Waals surface area contributed by atoms with Gasteiger partial charge in [0.1, 0.15) is 0 Å². The van der Waals surface area contributed by atoms with E-state index >= 15 is 0 Å². The van der Waals surface area contributed by atoms with Gasteiger partial charge >= 0.3 is 6.03 Å². The lowest BCUT2D eigenvalue weighted by Crippen LogP contribution is -2.45. The van der Waals surface area contributed by atoms with Gasteiger partial charge in [-0.3, -0.25) is 9.36 Å². The van der Waals surface area contributed by atoms with Crippen LogP contribution in [-0.2, 0) is 6.42 Å². The monoisotopic (exact) mass is 345 g/mol. The molecule has 0 fully saturated rings. The number of urea groups is 1. The summed E-state index contributed by atoms with van der Waals surface area (Å²) >= 11 is 0. The van der Waals surface area contributed by atoms with E-state index in [1.807, 2.05) is 58.0 Å². The lowest BCUT2D eigenvalue weighted by molar-refractivity contribution is 0.0837. The minimum atomic E-state index is -0.0991. The van der Waals surface area contributed by atoms with Crippen molar-refractivity contribution in [2.24, 2.45) is 0 Å². The Morgan fingerprint density at radius 2 is 1.77 bits per heavy atom.